The molecule has 4 rings (SSSR count). The van der Waals surface area contributed by atoms with E-state index in [0.29, 0.717) is 6.54 Å². The molecule has 1 aromatic heterocycles. The SMILES string of the molecule is O=c1[nH]c2ccccc2n1Cc1ccccc1/C=C/c1cccc(Br)c1. The summed E-state index contributed by atoms with van der Waals surface area (Å²) in [5.74, 6) is 0. The highest BCUT2D eigenvalue weighted by Gasteiger charge is 2.08. The standard InChI is InChI=1S/C22H17BrN2O/c23-19-9-5-6-16(14-19)12-13-17-7-1-2-8-18(17)15-25-21-11-4-3-10-20(21)24-22(25)26/h1-14H,15H2,(H,24,26)/b13-12+. The van der Waals surface area contributed by atoms with Crippen LogP contribution in [0.2, 0.25) is 0 Å². The Bertz CT molecular complexity index is 1150. The van der Waals surface area contributed by atoms with E-state index in [9.17, 15) is 4.79 Å². The van der Waals surface area contributed by atoms with Gasteiger partial charge in [0.1, 0.15) is 0 Å². The summed E-state index contributed by atoms with van der Waals surface area (Å²) in [6.45, 7) is 0.530. The molecule has 0 aliphatic rings. The highest BCUT2D eigenvalue weighted by Crippen LogP contribution is 2.18. The van der Waals surface area contributed by atoms with E-state index in [1.165, 1.54) is 0 Å². The van der Waals surface area contributed by atoms with Crippen LogP contribution in [-0.4, -0.2) is 9.55 Å². The third kappa shape index (κ3) is 3.41. The number of para-hydroxylation sites is 2. The average Bonchev–Trinajstić information content (AvgIpc) is 2.97. The largest absolute Gasteiger partial charge is 0.326 e. The lowest BCUT2D eigenvalue weighted by molar-refractivity contribution is 0.786. The molecule has 128 valence electrons. The Labute approximate surface area is 159 Å². The smallest absolute Gasteiger partial charge is 0.306 e. The number of imidazole rings is 1. The summed E-state index contributed by atoms with van der Waals surface area (Å²) >= 11 is 3.50. The summed E-state index contributed by atoms with van der Waals surface area (Å²) < 4.78 is 2.83. The maximum Gasteiger partial charge on any atom is 0.326 e. The van der Waals surface area contributed by atoms with Crippen LogP contribution < -0.4 is 5.69 Å². The van der Waals surface area contributed by atoms with Gasteiger partial charge in [0.15, 0.2) is 0 Å². The molecule has 26 heavy (non-hydrogen) atoms. The van der Waals surface area contributed by atoms with Crippen molar-refractivity contribution in [3.8, 4) is 0 Å². The van der Waals surface area contributed by atoms with E-state index in [1.807, 2.05) is 48.5 Å². The summed E-state index contributed by atoms with van der Waals surface area (Å²) in [5, 5.41) is 0. The third-order valence-electron chi connectivity index (χ3n) is 4.37. The van der Waals surface area contributed by atoms with Crippen molar-refractivity contribution in [2.24, 2.45) is 0 Å². The van der Waals surface area contributed by atoms with Gasteiger partial charge in [-0.2, -0.15) is 0 Å². The van der Waals surface area contributed by atoms with Crippen molar-refractivity contribution in [2.75, 3.05) is 0 Å². The molecule has 0 unspecified atom stereocenters. The number of hydrogen-bond donors (Lipinski definition) is 1. The van der Waals surface area contributed by atoms with Crippen molar-refractivity contribution in [3.63, 3.8) is 0 Å². The maximum atomic E-state index is 12.4. The minimum atomic E-state index is -0.0861. The molecule has 0 radical (unpaired) electrons. The van der Waals surface area contributed by atoms with Crippen LogP contribution in [0.1, 0.15) is 16.7 Å². The van der Waals surface area contributed by atoms with Gasteiger partial charge in [-0.15, -0.1) is 0 Å². The van der Waals surface area contributed by atoms with Gasteiger partial charge in [-0.3, -0.25) is 4.57 Å². The lowest BCUT2D eigenvalue weighted by Crippen LogP contribution is -2.17. The number of aromatic amines is 1. The lowest BCUT2D eigenvalue weighted by atomic mass is 10.1. The van der Waals surface area contributed by atoms with Crippen molar-refractivity contribution < 1.29 is 0 Å². The van der Waals surface area contributed by atoms with Crippen molar-refractivity contribution >= 4 is 39.1 Å². The molecule has 3 nitrogen and oxygen atoms in total. The molecular formula is C22H17BrN2O. The molecule has 3 aromatic carbocycles. The monoisotopic (exact) mass is 404 g/mol. The van der Waals surface area contributed by atoms with Gasteiger partial charge in [-0.25, -0.2) is 4.79 Å². The third-order valence-corrected chi connectivity index (χ3v) is 4.86. The molecule has 0 saturated carbocycles. The Morgan fingerprint density at radius 2 is 1.73 bits per heavy atom. The topological polar surface area (TPSA) is 37.8 Å². The zero-order chi connectivity index (χ0) is 17.9. The van der Waals surface area contributed by atoms with Gasteiger partial charge in [0.2, 0.25) is 0 Å². The second-order valence-electron chi connectivity index (χ2n) is 6.12. The number of fused-ring (bicyclic) bond motifs is 1. The van der Waals surface area contributed by atoms with E-state index >= 15 is 0 Å². The lowest BCUT2D eigenvalue weighted by Gasteiger charge is -2.08. The van der Waals surface area contributed by atoms with Gasteiger partial charge in [0.25, 0.3) is 0 Å². The van der Waals surface area contributed by atoms with E-state index in [0.717, 1.165) is 32.2 Å². The van der Waals surface area contributed by atoms with Crippen LogP contribution in [0.3, 0.4) is 0 Å². The number of nitrogens with one attached hydrogen (secondary N) is 1. The Kier molecular flexibility index (Phi) is 4.59. The predicted octanol–water partition coefficient (Wildman–Crippen LogP) is 5.31. The molecule has 4 aromatic rings. The first-order valence-corrected chi connectivity index (χ1v) is 9.19. The molecule has 1 heterocycles. The van der Waals surface area contributed by atoms with E-state index in [-0.39, 0.29) is 5.69 Å². The number of rotatable bonds is 4. The maximum absolute atomic E-state index is 12.4. The molecule has 0 spiro atoms. The van der Waals surface area contributed by atoms with Crippen LogP contribution in [0.4, 0.5) is 0 Å². The van der Waals surface area contributed by atoms with Crippen molar-refractivity contribution in [3.05, 3.63) is 104 Å². The van der Waals surface area contributed by atoms with E-state index < -0.39 is 0 Å². The van der Waals surface area contributed by atoms with Crippen molar-refractivity contribution in [1.29, 1.82) is 0 Å². The van der Waals surface area contributed by atoms with Crippen molar-refractivity contribution in [1.82, 2.24) is 9.55 Å². The van der Waals surface area contributed by atoms with Crippen molar-refractivity contribution in [2.45, 2.75) is 6.54 Å². The Morgan fingerprint density at radius 1 is 0.923 bits per heavy atom. The Balaban J connectivity index is 1.70. The van der Waals surface area contributed by atoms with Gasteiger partial charge >= 0.3 is 5.69 Å². The molecule has 0 saturated heterocycles. The summed E-state index contributed by atoms with van der Waals surface area (Å²) in [6, 6.07) is 24.1. The van der Waals surface area contributed by atoms with E-state index in [2.05, 4.69) is 57.3 Å². The van der Waals surface area contributed by atoms with Crippen LogP contribution >= 0.6 is 15.9 Å². The highest BCUT2D eigenvalue weighted by atomic mass is 79.9. The fourth-order valence-corrected chi connectivity index (χ4v) is 3.49. The summed E-state index contributed by atoms with van der Waals surface area (Å²) in [6.07, 6.45) is 4.18. The van der Waals surface area contributed by atoms with Gasteiger partial charge in [-0.05, 0) is 41.0 Å². The summed E-state index contributed by atoms with van der Waals surface area (Å²) in [5.41, 5.74) is 5.02. The van der Waals surface area contributed by atoms with Crippen LogP contribution in [0, 0.1) is 0 Å². The second kappa shape index (κ2) is 7.18. The summed E-state index contributed by atoms with van der Waals surface area (Å²) in [7, 11) is 0. The van der Waals surface area contributed by atoms with Gasteiger partial charge in [-0.1, -0.05) is 76.6 Å². The minimum Gasteiger partial charge on any atom is -0.306 e. The molecule has 0 atom stereocenters. The molecule has 1 N–H and O–H groups in total. The first kappa shape index (κ1) is 16.6. The second-order valence-corrected chi connectivity index (χ2v) is 7.04. The molecule has 0 amide bonds. The van der Waals surface area contributed by atoms with E-state index in [4.69, 9.17) is 0 Å². The average molecular weight is 405 g/mol. The number of aromatic nitrogens is 2. The predicted molar refractivity (Wildman–Crippen MR) is 111 cm³/mol. The highest BCUT2D eigenvalue weighted by molar-refractivity contribution is 9.10. The number of nitrogens with zero attached hydrogens (tertiary/aromatic N) is 1. The zero-order valence-corrected chi connectivity index (χ0v) is 15.6. The number of benzene rings is 3. The number of halogens is 1. The van der Waals surface area contributed by atoms with Gasteiger partial charge < -0.3 is 4.98 Å². The Morgan fingerprint density at radius 3 is 2.62 bits per heavy atom. The fraction of sp³-hybridized carbons (Fsp3) is 0.0455. The normalized spacial score (nSPS) is 11.4. The van der Waals surface area contributed by atoms with Gasteiger partial charge in [0.05, 0.1) is 17.6 Å². The minimum absolute atomic E-state index is 0.0861. The first-order valence-electron chi connectivity index (χ1n) is 8.40. The quantitative estimate of drug-likeness (QED) is 0.459. The van der Waals surface area contributed by atoms with Crippen LogP contribution in [0.25, 0.3) is 23.2 Å². The Hall–Kier alpha value is -2.85. The first-order chi connectivity index (χ1) is 12.7. The molecule has 4 heteroatoms. The molecule has 0 aliphatic carbocycles. The number of hydrogen-bond acceptors (Lipinski definition) is 1. The zero-order valence-electron chi connectivity index (χ0n) is 14.0. The van der Waals surface area contributed by atoms with Gasteiger partial charge in [0, 0.05) is 4.47 Å². The fourth-order valence-electron chi connectivity index (χ4n) is 3.07. The summed E-state index contributed by atoms with van der Waals surface area (Å²) in [4.78, 5) is 15.3. The number of H-pyrrole nitrogens is 1. The van der Waals surface area contributed by atoms with Crippen LogP contribution in [0.15, 0.2) is 82.1 Å². The van der Waals surface area contributed by atoms with E-state index in [1.54, 1.807) is 4.57 Å². The molecule has 0 aliphatic heterocycles. The molecular weight excluding hydrogens is 388 g/mol. The van der Waals surface area contributed by atoms with Crippen LogP contribution in [-0.2, 0) is 6.54 Å². The van der Waals surface area contributed by atoms with Crippen LogP contribution in [0.5, 0.6) is 0 Å². The molecule has 0 bridgehead atoms. The molecule has 0 fully saturated rings.